The normalized spacial score (nSPS) is 11.6. The summed E-state index contributed by atoms with van der Waals surface area (Å²) in [6.45, 7) is 1.99. The molecule has 0 atom stereocenters. The number of amides is 1. The van der Waals surface area contributed by atoms with Crippen LogP contribution in [0.1, 0.15) is 17.5 Å². The fourth-order valence-electron chi connectivity index (χ4n) is 2.69. The summed E-state index contributed by atoms with van der Waals surface area (Å²) in [5.74, 6) is -0.0400. The molecule has 3 rings (SSSR count). The second-order valence-electron chi connectivity index (χ2n) is 5.98. The van der Waals surface area contributed by atoms with Gasteiger partial charge in [-0.15, -0.1) is 11.8 Å². The van der Waals surface area contributed by atoms with Crippen LogP contribution >= 0.6 is 11.8 Å². The molecule has 0 radical (unpaired) electrons. The smallest absolute Gasteiger partial charge is 0.325 e. The Morgan fingerprint density at radius 1 is 1.11 bits per heavy atom. The maximum absolute atomic E-state index is 13.0. The molecule has 0 aliphatic heterocycles. The van der Waals surface area contributed by atoms with E-state index in [4.69, 9.17) is 0 Å². The summed E-state index contributed by atoms with van der Waals surface area (Å²) in [6, 6.07) is 14.7. The Balaban J connectivity index is 1.61. The summed E-state index contributed by atoms with van der Waals surface area (Å²) in [5, 5.41) is 4.21. The van der Waals surface area contributed by atoms with Crippen molar-refractivity contribution in [3.63, 3.8) is 0 Å². The summed E-state index contributed by atoms with van der Waals surface area (Å²) in [4.78, 5) is 16.6. The highest BCUT2D eigenvalue weighted by Gasteiger charge is 2.33. The molecule has 0 unspecified atom stereocenters. The molecule has 1 aromatic heterocycles. The molecule has 0 aliphatic carbocycles. The van der Waals surface area contributed by atoms with Crippen LogP contribution in [0.5, 0.6) is 0 Å². The first-order chi connectivity index (χ1) is 12.8. The van der Waals surface area contributed by atoms with E-state index in [1.54, 1.807) is 0 Å². The zero-order chi connectivity index (χ0) is 19.4. The lowest BCUT2D eigenvalue weighted by Gasteiger charge is -2.13. The molecule has 0 spiro atoms. The Bertz CT molecular complexity index is 973. The molecule has 3 aromatic rings. The highest BCUT2D eigenvalue weighted by atomic mass is 32.2. The van der Waals surface area contributed by atoms with Crippen molar-refractivity contribution in [2.75, 3.05) is 11.1 Å². The van der Waals surface area contributed by atoms with Gasteiger partial charge in [0.05, 0.1) is 21.8 Å². The lowest BCUT2D eigenvalue weighted by atomic mass is 10.1. The molecule has 1 N–H and O–H groups in total. The number of anilines is 1. The first-order valence-corrected chi connectivity index (χ1v) is 9.28. The topological polar surface area (TPSA) is 42.0 Å². The second kappa shape index (κ2) is 8.00. The van der Waals surface area contributed by atoms with Crippen LogP contribution in [0.25, 0.3) is 10.9 Å². The number of fused-ring (bicyclic) bond motifs is 1. The average Bonchev–Trinajstić information content (AvgIpc) is 2.61. The van der Waals surface area contributed by atoms with Gasteiger partial charge < -0.3 is 5.32 Å². The van der Waals surface area contributed by atoms with E-state index in [0.717, 1.165) is 27.6 Å². The number of carbonyl (C=O) groups excluding carboxylic acids is 1. The van der Waals surface area contributed by atoms with Gasteiger partial charge >= 0.3 is 6.18 Å². The van der Waals surface area contributed by atoms with Crippen LogP contribution in [0.15, 0.2) is 59.6 Å². The molecule has 3 nitrogen and oxygen atoms in total. The van der Waals surface area contributed by atoms with Gasteiger partial charge in [0, 0.05) is 17.6 Å². The third-order valence-electron chi connectivity index (χ3n) is 3.99. The van der Waals surface area contributed by atoms with E-state index in [9.17, 15) is 18.0 Å². The van der Waals surface area contributed by atoms with Gasteiger partial charge in [-0.1, -0.05) is 30.3 Å². The van der Waals surface area contributed by atoms with Gasteiger partial charge in [0.15, 0.2) is 0 Å². The van der Waals surface area contributed by atoms with Crippen LogP contribution in [0.4, 0.5) is 18.9 Å². The van der Waals surface area contributed by atoms with E-state index < -0.39 is 17.6 Å². The molecule has 2 aromatic carbocycles. The summed E-state index contributed by atoms with van der Waals surface area (Å²) >= 11 is 1.40. The number of alkyl halides is 3. The number of hydrogen-bond donors (Lipinski definition) is 1. The first kappa shape index (κ1) is 19.2. The van der Waals surface area contributed by atoms with Crippen molar-refractivity contribution in [1.29, 1.82) is 0 Å². The maximum Gasteiger partial charge on any atom is 0.418 e. The number of aryl methyl sites for hydroxylation is 1. The number of rotatable bonds is 5. The molecule has 1 heterocycles. The van der Waals surface area contributed by atoms with Gasteiger partial charge in [-0.3, -0.25) is 4.79 Å². The quantitative estimate of drug-likeness (QED) is 0.570. The van der Waals surface area contributed by atoms with Crippen molar-refractivity contribution in [1.82, 2.24) is 4.98 Å². The molecular formula is C20H17F3N2OS. The largest absolute Gasteiger partial charge is 0.418 e. The van der Waals surface area contributed by atoms with Gasteiger partial charge in [0.2, 0.25) is 5.91 Å². The minimum atomic E-state index is -4.51. The third-order valence-corrected chi connectivity index (χ3v) is 4.90. The lowest BCUT2D eigenvalue weighted by Crippen LogP contribution is -2.16. The molecule has 0 saturated heterocycles. The molecule has 0 saturated carbocycles. The predicted octanol–water partition coefficient (Wildman–Crippen LogP) is 5.68. The Morgan fingerprint density at radius 3 is 2.59 bits per heavy atom. The van der Waals surface area contributed by atoms with Gasteiger partial charge in [0.1, 0.15) is 0 Å². The second-order valence-corrected chi connectivity index (χ2v) is 7.10. The standard InChI is InChI=1S/C20H17F3N2OS/c1-13-12-19(25-16-8-4-2-6-14(13)16)27-11-10-18(26)24-17-9-5-3-7-15(17)20(21,22)23/h2-9,12H,10-11H2,1H3,(H,24,26). The molecule has 140 valence electrons. The Kier molecular flexibility index (Phi) is 5.70. The monoisotopic (exact) mass is 390 g/mol. The van der Waals surface area contributed by atoms with Crippen molar-refractivity contribution < 1.29 is 18.0 Å². The number of carbonyl (C=O) groups is 1. The van der Waals surface area contributed by atoms with E-state index in [2.05, 4.69) is 10.3 Å². The van der Waals surface area contributed by atoms with Gasteiger partial charge in [0.25, 0.3) is 0 Å². The Hall–Kier alpha value is -2.54. The summed E-state index contributed by atoms with van der Waals surface area (Å²) in [6.07, 6.45) is -4.42. The summed E-state index contributed by atoms with van der Waals surface area (Å²) in [7, 11) is 0. The van der Waals surface area contributed by atoms with Crippen LogP contribution in [-0.2, 0) is 11.0 Å². The predicted molar refractivity (Wildman–Crippen MR) is 102 cm³/mol. The molecule has 27 heavy (non-hydrogen) atoms. The number of aromatic nitrogens is 1. The van der Waals surface area contributed by atoms with E-state index >= 15 is 0 Å². The van der Waals surface area contributed by atoms with E-state index in [0.29, 0.717) is 5.75 Å². The van der Waals surface area contributed by atoms with Crippen LogP contribution in [0.3, 0.4) is 0 Å². The van der Waals surface area contributed by atoms with Crippen molar-refractivity contribution >= 4 is 34.3 Å². The summed E-state index contributed by atoms with van der Waals surface area (Å²) in [5.41, 5.74) is 0.896. The van der Waals surface area contributed by atoms with Gasteiger partial charge in [-0.25, -0.2) is 4.98 Å². The Labute approximate surface area is 159 Å². The zero-order valence-corrected chi connectivity index (χ0v) is 15.3. The minimum absolute atomic E-state index is 0.0877. The highest BCUT2D eigenvalue weighted by Crippen LogP contribution is 2.34. The Morgan fingerprint density at radius 2 is 1.81 bits per heavy atom. The average molecular weight is 390 g/mol. The fraction of sp³-hybridized carbons (Fsp3) is 0.200. The maximum atomic E-state index is 13.0. The number of benzene rings is 2. The fourth-order valence-corrected chi connectivity index (χ4v) is 3.61. The lowest BCUT2D eigenvalue weighted by molar-refractivity contribution is -0.137. The molecular weight excluding hydrogens is 373 g/mol. The van der Waals surface area contributed by atoms with Crippen LogP contribution < -0.4 is 5.32 Å². The number of para-hydroxylation sites is 2. The van der Waals surface area contributed by atoms with Gasteiger partial charge in [-0.05, 0) is 36.8 Å². The molecule has 0 fully saturated rings. The molecule has 0 aliphatic rings. The van der Waals surface area contributed by atoms with Crippen molar-refractivity contribution in [2.24, 2.45) is 0 Å². The molecule has 0 bridgehead atoms. The highest BCUT2D eigenvalue weighted by molar-refractivity contribution is 7.99. The number of hydrogen-bond acceptors (Lipinski definition) is 3. The molecule has 7 heteroatoms. The van der Waals surface area contributed by atoms with E-state index in [-0.39, 0.29) is 12.1 Å². The van der Waals surface area contributed by atoms with Gasteiger partial charge in [-0.2, -0.15) is 13.2 Å². The SMILES string of the molecule is Cc1cc(SCCC(=O)Nc2ccccc2C(F)(F)F)nc2ccccc12. The van der Waals surface area contributed by atoms with Crippen LogP contribution in [0.2, 0.25) is 0 Å². The molecule has 1 amide bonds. The van der Waals surface area contributed by atoms with Crippen LogP contribution in [0, 0.1) is 6.92 Å². The first-order valence-electron chi connectivity index (χ1n) is 8.30. The van der Waals surface area contributed by atoms with Crippen molar-refractivity contribution in [3.05, 3.63) is 65.7 Å². The number of halogens is 3. The summed E-state index contributed by atoms with van der Waals surface area (Å²) < 4.78 is 38.9. The van der Waals surface area contributed by atoms with E-state index in [1.165, 1.54) is 30.0 Å². The third kappa shape index (κ3) is 4.80. The number of thioether (sulfide) groups is 1. The van der Waals surface area contributed by atoms with Crippen molar-refractivity contribution in [3.8, 4) is 0 Å². The number of nitrogens with zero attached hydrogens (tertiary/aromatic N) is 1. The minimum Gasteiger partial charge on any atom is -0.325 e. The zero-order valence-electron chi connectivity index (χ0n) is 14.5. The van der Waals surface area contributed by atoms with Crippen LogP contribution in [-0.4, -0.2) is 16.6 Å². The van der Waals surface area contributed by atoms with E-state index in [1.807, 2.05) is 37.3 Å². The number of nitrogens with one attached hydrogen (secondary N) is 1. The van der Waals surface area contributed by atoms with Crippen molar-refractivity contribution in [2.45, 2.75) is 24.5 Å². The number of pyridine rings is 1.